The number of carbonyl (C=O) groups excluding carboxylic acids is 1. The summed E-state index contributed by atoms with van der Waals surface area (Å²) in [6, 6.07) is 12.8. The van der Waals surface area contributed by atoms with Crippen LogP contribution >= 0.6 is 11.6 Å². The standard InChI is InChI=1S/C18H21ClN2O4S/c1-13(16-6-4-5-7-17(16)25-3)20-18(22)12-21(2)26(23,24)15-10-8-14(19)9-11-15/h4-11,13H,12H2,1-3H3,(H,20,22)/t13-/m1/s1. The topological polar surface area (TPSA) is 75.7 Å². The fraction of sp³-hybridized carbons (Fsp3) is 0.278. The second-order valence-corrected chi connectivity index (χ2v) is 8.23. The average molecular weight is 397 g/mol. The predicted molar refractivity (Wildman–Crippen MR) is 101 cm³/mol. The summed E-state index contributed by atoms with van der Waals surface area (Å²) < 4.78 is 31.3. The highest BCUT2D eigenvalue weighted by atomic mass is 35.5. The molecule has 0 fully saturated rings. The number of para-hydroxylation sites is 1. The van der Waals surface area contributed by atoms with Crippen LogP contribution in [0.15, 0.2) is 53.4 Å². The summed E-state index contributed by atoms with van der Waals surface area (Å²) in [5, 5.41) is 3.23. The van der Waals surface area contributed by atoms with E-state index in [0.717, 1.165) is 9.87 Å². The quantitative estimate of drug-likeness (QED) is 0.780. The third-order valence-corrected chi connectivity index (χ3v) is 5.94. The van der Waals surface area contributed by atoms with Crippen molar-refractivity contribution < 1.29 is 17.9 Å². The van der Waals surface area contributed by atoms with Gasteiger partial charge in [0.05, 0.1) is 24.6 Å². The fourth-order valence-corrected chi connectivity index (χ4v) is 3.72. The Morgan fingerprint density at radius 2 is 1.81 bits per heavy atom. The molecule has 26 heavy (non-hydrogen) atoms. The highest BCUT2D eigenvalue weighted by molar-refractivity contribution is 7.89. The summed E-state index contributed by atoms with van der Waals surface area (Å²) in [6.45, 7) is 1.51. The molecule has 0 spiro atoms. The van der Waals surface area contributed by atoms with Crippen molar-refractivity contribution >= 4 is 27.5 Å². The van der Waals surface area contributed by atoms with Crippen LogP contribution in [0.1, 0.15) is 18.5 Å². The second kappa shape index (κ2) is 8.53. The van der Waals surface area contributed by atoms with E-state index >= 15 is 0 Å². The molecule has 0 saturated heterocycles. The number of benzene rings is 2. The Morgan fingerprint density at radius 3 is 2.42 bits per heavy atom. The van der Waals surface area contributed by atoms with E-state index in [9.17, 15) is 13.2 Å². The normalized spacial score (nSPS) is 12.7. The Kier molecular flexibility index (Phi) is 6.63. The van der Waals surface area contributed by atoms with Crippen LogP contribution in [0.4, 0.5) is 0 Å². The first-order valence-corrected chi connectivity index (χ1v) is 9.71. The maximum absolute atomic E-state index is 12.5. The maximum Gasteiger partial charge on any atom is 0.243 e. The Bertz CT molecular complexity index is 869. The van der Waals surface area contributed by atoms with Crippen LogP contribution in [0.25, 0.3) is 0 Å². The molecule has 8 heteroatoms. The highest BCUT2D eigenvalue weighted by Gasteiger charge is 2.24. The van der Waals surface area contributed by atoms with Gasteiger partial charge in [-0.15, -0.1) is 0 Å². The number of nitrogens with zero attached hydrogens (tertiary/aromatic N) is 1. The van der Waals surface area contributed by atoms with Crippen molar-refractivity contribution in [2.45, 2.75) is 17.9 Å². The molecule has 1 N–H and O–H groups in total. The molecular formula is C18H21ClN2O4S. The van der Waals surface area contributed by atoms with Gasteiger partial charge >= 0.3 is 0 Å². The summed E-state index contributed by atoms with van der Waals surface area (Å²) in [5.74, 6) is 0.242. The third kappa shape index (κ3) is 4.75. The number of rotatable bonds is 7. The van der Waals surface area contributed by atoms with E-state index in [2.05, 4.69) is 5.32 Å². The van der Waals surface area contributed by atoms with Crippen LogP contribution in [0.2, 0.25) is 5.02 Å². The van der Waals surface area contributed by atoms with Crippen molar-refractivity contribution in [1.82, 2.24) is 9.62 Å². The molecule has 0 bridgehead atoms. The first-order valence-electron chi connectivity index (χ1n) is 7.90. The van der Waals surface area contributed by atoms with Crippen molar-refractivity contribution in [1.29, 1.82) is 0 Å². The number of ether oxygens (including phenoxy) is 1. The van der Waals surface area contributed by atoms with Gasteiger partial charge in [-0.2, -0.15) is 4.31 Å². The number of hydrogen-bond donors (Lipinski definition) is 1. The van der Waals surface area contributed by atoms with Gasteiger partial charge in [0.2, 0.25) is 15.9 Å². The lowest BCUT2D eigenvalue weighted by molar-refractivity contribution is -0.121. The van der Waals surface area contributed by atoms with Gasteiger partial charge < -0.3 is 10.1 Å². The van der Waals surface area contributed by atoms with Gasteiger partial charge in [-0.3, -0.25) is 4.79 Å². The van der Waals surface area contributed by atoms with Crippen LogP contribution in [0, 0.1) is 0 Å². The van der Waals surface area contributed by atoms with Crippen molar-refractivity contribution in [2.24, 2.45) is 0 Å². The summed E-state index contributed by atoms with van der Waals surface area (Å²) in [7, 11) is -0.861. The average Bonchev–Trinajstić information content (AvgIpc) is 2.61. The molecule has 0 aliphatic heterocycles. The number of halogens is 1. The SMILES string of the molecule is COc1ccccc1[C@@H](C)NC(=O)CN(C)S(=O)(=O)c1ccc(Cl)cc1. The Morgan fingerprint density at radius 1 is 1.19 bits per heavy atom. The Labute approximate surface area is 158 Å². The van der Waals surface area contributed by atoms with Crippen molar-refractivity contribution in [2.75, 3.05) is 20.7 Å². The van der Waals surface area contributed by atoms with E-state index in [4.69, 9.17) is 16.3 Å². The van der Waals surface area contributed by atoms with E-state index in [0.29, 0.717) is 10.8 Å². The smallest absolute Gasteiger partial charge is 0.243 e. The van der Waals surface area contributed by atoms with Gasteiger partial charge in [0.25, 0.3) is 0 Å². The fourth-order valence-electron chi connectivity index (χ4n) is 2.46. The minimum Gasteiger partial charge on any atom is -0.496 e. The van der Waals surface area contributed by atoms with Crippen molar-refractivity contribution in [3.63, 3.8) is 0 Å². The summed E-state index contributed by atoms with van der Waals surface area (Å²) in [4.78, 5) is 12.4. The molecule has 0 saturated carbocycles. The van der Waals surface area contributed by atoms with Gasteiger partial charge in [-0.25, -0.2) is 8.42 Å². The number of methoxy groups -OCH3 is 1. The van der Waals surface area contributed by atoms with E-state index in [1.54, 1.807) is 13.2 Å². The molecule has 0 radical (unpaired) electrons. The molecule has 2 aromatic carbocycles. The van der Waals surface area contributed by atoms with Crippen molar-refractivity contribution in [3.05, 3.63) is 59.1 Å². The zero-order valence-corrected chi connectivity index (χ0v) is 16.3. The first-order chi connectivity index (χ1) is 12.3. The molecule has 2 rings (SSSR count). The number of hydrogen-bond acceptors (Lipinski definition) is 4. The van der Waals surface area contributed by atoms with Gasteiger partial charge in [0, 0.05) is 17.6 Å². The zero-order valence-electron chi connectivity index (χ0n) is 14.8. The Balaban J connectivity index is 2.05. The van der Waals surface area contributed by atoms with Crippen LogP contribution in [-0.2, 0) is 14.8 Å². The third-order valence-electron chi connectivity index (χ3n) is 3.87. The first kappa shape index (κ1) is 20.2. The molecule has 6 nitrogen and oxygen atoms in total. The summed E-state index contributed by atoms with van der Waals surface area (Å²) >= 11 is 5.78. The zero-order chi connectivity index (χ0) is 19.3. The van der Waals surface area contributed by atoms with E-state index in [-0.39, 0.29) is 17.5 Å². The lowest BCUT2D eigenvalue weighted by Crippen LogP contribution is -2.39. The molecule has 0 aliphatic rings. The molecule has 0 heterocycles. The highest BCUT2D eigenvalue weighted by Crippen LogP contribution is 2.24. The monoisotopic (exact) mass is 396 g/mol. The van der Waals surface area contributed by atoms with Crippen LogP contribution in [-0.4, -0.2) is 39.3 Å². The number of likely N-dealkylation sites (N-methyl/N-ethyl adjacent to an activating group) is 1. The number of nitrogens with one attached hydrogen (secondary N) is 1. The Hall–Kier alpha value is -2.09. The largest absolute Gasteiger partial charge is 0.496 e. The van der Waals surface area contributed by atoms with Crippen LogP contribution in [0.5, 0.6) is 5.75 Å². The molecule has 1 amide bonds. The minimum absolute atomic E-state index is 0.0787. The van der Waals surface area contributed by atoms with Gasteiger partial charge in [-0.05, 0) is 37.3 Å². The summed E-state index contributed by atoms with van der Waals surface area (Å²) in [6.07, 6.45) is 0. The number of sulfonamides is 1. The van der Waals surface area contributed by atoms with E-state index in [1.807, 2.05) is 25.1 Å². The summed E-state index contributed by atoms with van der Waals surface area (Å²) in [5.41, 5.74) is 0.812. The molecule has 0 aliphatic carbocycles. The molecule has 2 aromatic rings. The van der Waals surface area contributed by atoms with Gasteiger partial charge in [-0.1, -0.05) is 29.8 Å². The molecule has 0 aromatic heterocycles. The number of amides is 1. The van der Waals surface area contributed by atoms with E-state index in [1.165, 1.54) is 31.3 Å². The molecule has 1 atom stereocenters. The maximum atomic E-state index is 12.5. The lowest BCUT2D eigenvalue weighted by atomic mass is 10.1. The van der Waals surface area contributed by atoms with Crippen LogP contribution in [0.3, 0.4) is 0 Å². The minimum atomic E-state index is -3.77. The molecule has 140 valence electrons. The van der Waals surface area contributed by atoms with Gasteiger partial charge in [0.15, 0.2) is 0 Å². The van der Waals surface area contributed by atoms with Crippen molar-refractivity contribution in [3.8, 4) is 5.75 Å². The lowest BCUT2D eigenvalue weighted by Gasteiger charge is -2.20. The second-order valence-electron chi connectivity index (χ2n) is 5.75. The number of carbonyl (C=O) groups is 1. The molecule has 0 unspecified atom stereocenters. The predicted octanol–water partition coefficient (Wildman–Crippen LogP) is 2.85. The van der Waals surface area contributed by atoms with Gasteiger partial charge in [0.1, 0.15) is 5.75 Å². The molecular weight excluding hydrogens is 376 g/mol. The van der Waals surface area contributed by atoms with Crippen LogP contribution < -0.4 is 10.1 Å². The van der Waals surface area contributed by atoms with E-state index < -0.39 is 15.9 Å².